The van der Waals surface area contributed by atoms with E-state index in [1.165, 1.54) is 0 Å². The van der Waals surface area contributed by atoms with Gasteiger partial charge in [-0.1, -0.05) is 43.3 Å². The summed E-state index contributed by atoms with van der Waals surface area (Å²) in [5.41, 5.74) is 1.94. The summed E-state index contributed by atoms with van der Waals surface area (Å²) in [7, 11) is 0. The molecule has 0 spiro atoms. The molecule has 8 heteroatoms. The molecule has 0 saturated heterocycles. The van der Waals surface area contributed by atoms with Gasteiger partial charge in [-0.15, -0.1) is 0 Å². The van der Waals surface area contributed by atoms with Gasteiger partial charge in [-0.05, 0) is 53.8 Å². The molecule has 0 aromatic heterocycles. The number of aryl methyl sites for hydroxylation is 1. The normalized spacial score (nSPS) is 12.3. The molecule has 0 aliphatic carbocycles. The van der Waals surface area contributed by atoms with E-state index < -0.39 is 34.9 Å². The van der Waals surface area contributed by atoms with Crippen LogP contribution in [0.5, 0.6) is 11.5 Å². The van der Waals surface area contributed by atoms with Crippen LogP contribution in [0.2, 0.25) is 0 Å². The molecule has 0 heterocycles. The van der Waals surface area contributed by atoms with Gasteiger partial charge in [-0.25, -0.2) is 0 Å². The van der Waals surface area contributed by atoms with Crippen LogP contribution in [0, 0.1) is 0 Å². The highest BCUT2D eigenvalue weighted by Gasteiger charge is 2.35. The van der Waals surface area contributed by atoms with E-state index in [1.54, 1.807) is 25.1 Å². The molecule has 0 fully saturated rings. The minimum absolute atomic E-state index is 0.126. The number of aldehydes is 1. The summed E-state index contributed by atoms with van der Waals surface area (Å²) in [5, 5.41) is 19.1. The topological polar surface area (TPSA) is 83.8 Å². The number of hydrogen-bond donors (Lipinski definition) is 2. The minimum Gasteiger partial charge on any atom is -0.507 e. The van der Waals surface area contributed by atoms with E-state index in [2.05, 4.69) is 0 Å². The lowest BCUT2D eigenvalue weighted by molar-refractivity contribution is -0.139. The van der Waals surface area contributed by atoms with Crippen molar-refractivity contribution in [3.8, 4) is 22.6 Å². The number of phenols is 1. The molecule has 34 heavy (non-hydrogen) atoms. The van der Waals surface area contributed by atoms with E-state index in [-0.39, 0.29) is 18.5 Å². The third-order valence-electron chi connectivity index (χ3n) is 5.67. The molecule has 3 aromatic rings. The summed E-state index contributed by atoms with van der Waals surface area (Å²) in [6, 6.07) is 14.4. The zero-order chi connectivity index (χ0) is 25.0. The summed E-state index contributed by atoms with van der Waals surface area (Å²) in [5.74, 6) is -2.20. The fraction of sp³-hybridized carbons (Fsp3) is 0.231. The predicted octanol–water partition coefficient (Wildman–Crippen LogP) is 6.22. The number of phenolic OH excluding ortho intramolecular Hbond substituents is 1. The Morgan fingerprint density at radius 3 is 2.29 bits per heavy atom. The number of carbonyl (C=O) groups is 2. The Hall–Kier alpha value is -3.81. The van der Waals surface area contributed by atoms with Crippen molar-refractivity contribution < 1.29 is 37.7 Å². The highest BCUT2D eigenvalue weighted by Crippen LogP contribution is 2.38. The number of aliphatic carboxylic acids is 1. The van der Waals surface area contributed by atoms with E-state index in [9.17, 15) is 33.0 Å². The maximum atomic E-state index is 12.9. The fourth-order valence-electron chi connectivity index (χ4n) is 3.63. The number of carbonyl (C=O) groups excluding carboxylic acids is 1. The summed E-state index contributed by atoms with van der Waals surface area (Å²) < 4.78 is 44.5. The zero-order valence-electron chi connectivity index (χ0n) is 18.5. The number of aromatic hydroxyl groups is 1. The first-order valence-corrected chi connectivity index (χ1v) is 10.5. The number of ether oxygens (including phenoxy) is 1. The first kappa shape index (κ1) is 24.8. The monoisotopic (exact) mass is 472 g/mol. The maximum Gasteiger partial charge on any atom is 0.419 e. The van der Waals surface area contributed by atoms with Gasteiger partial charge in [-0.2, -0.15) is 13.2 Å². The van der Waals surface area contributed by atoms with Crippen molar-refractivity contribution in [3.63, 3.8) is 0 Å². The Labute approximate surface area is 194 Å². The molecule has 0 bridgehead atoms. The number of carboxylic acid groups (broad SMARTS) is 1. The van der Waals surface area contributed by atoms with Gasteiger partial charge in [0.25, 0.3) is 0 Å². The van der Waals surface area contributed by atoms with E-state index >= 15 is 0 Å². The molecule has 3 aromatic carbocycles. The standard InChI is InChI=1S/C26H23F3O5/c1-3-16-12-18(15(2)25(32)33)6-10-21(16)17-4-8-20(9-5-17)34-14-19-7-11-23(26(27,28)29)24(31)22(19)13-30/h4-13,15,31H,3,14H2,1-2H3,(H,32,33). The van der Waals surface area contributed by atoms with Crippen LogP contribution >= 0.6 is 0 Å². The lowest BCUT2D eigenvalue weighted by Crippen LogP contribution is -2.09. The van der Waals surface area contributed by atoms with Crippen molar-refractivity contribution in [3.05, 3.63) is 82.4 Å². The van der Waals surface area contributed by atoms with Gasteiger partial charge in [0.1, 0.15) is 18.1 Å². The van der Waals surface area contributed by atoms with E-state index in [0.29, 0.717) is 18.2 Å². The second kappa shape index (κ2) is 9.99. The molecule has 0 radical (unpaired) electrons. The molecule has 3 rings (SSSR count). The molecule has 1 unspecified atom stereocenters. The summed E-state index contributed by atoms with van der Waals surface area (Å²) in [4.78, 5) is 22.6. The van der Waals surface area contributed by atoms with Crippen LogP contribution in [0.4, 0.5) is 13.2 Å². The molecule has 0 aliphatic heterocycles. The maximum absolute atomic E-state index is 12.9. The Kier molecular flexibility index (Phi) is 7.29. The van der Waals surface area contributed by atoms with Gasteiger partial charge in [0, 0.05) is 5.56 Å². The van der Waals surface area contributed by atoms with Crippen molar-refractivity contribution in [2.24, 2.45) is 0 Å². The van der Waals surface area contributed by atoms with Gasteiger partial charge < -0.3 is 14.9 Å². The van der Waals surface area contributed by atoms with Crippen LogP contribution in [0.1, 0.15) is 52.4 Å². The minimum atomic E-state index is -4.78. The Bertz CT molecular complexity index is 1200. The third-order valence-corrected chi connectivity index (χ3v) is 5.67. The summed E-state index contributed by atoms with van der Waals surface area (Å²) in [6.45, 7) is 3.41. The predicted molar refractivity (Wildman–Crippen MR) is 120 cm³/mol. The first-order valence-electron chi connectivity index (χ1n) is 10.5. The van der Waals surface area contributed by atoms with Crippen LogP contribution < -0.4 is 4.74 Å². The van der Waals surface area contributed by atoms with E-state index in [0.717, 1.165) is 28.3 Å². The van der Waals surface area contributed by atoms with Crippen molar-refractivity contribution in [1.82, 2.24) is 0 Å². The number of alkyl halides is 3. The number of benzene rings is 3. The van der Waals surface area contributed by atoms with Crippen LogP contribution in [0.3, 0.4) is 0 Å². The fourth-order valence-corrected chi connectivity index (χ4v) is 3.63. The second-order valence-corrected chi connectivity index (χ2v) is 7.79. The lowest BCUT2D eigenvalue weighted by atomic mass is 9.92. The van der Waals surface area contributed by atoms with E-state index in [1.807, 2.05) is 31.2 Å². The molecule has 1 atom stereocenters. The third kappa shape index (κ3) is 5.22. The summed E-state index contributed by atoms with van der Waals surface area (Å²) >= 11 is 0. The quantitative estimate of drug-likeness (QED) is 0.380. The molecule has 5 nitrogen and oxygen atoms in total. The number of carboxylic acids is 1. The average molecular weight is 472 g/mol. The van der Waals surface area contributed by atoms with Crippen molar-refractivity contribution >= 4 is 12.3 Å². The van der Waals surface area contributed by atoms with Gasteiger partial charge in [0.05, 0.1) is 17.0 Å². The molecular formula is C26H23F3O5. The van der Waals surface area contributed by atoms with Crippen molar-refractivity contribution in [2.75, 3.05) is 0 Å². The number of rotatable bonds is 8. The largest absolute Gasteiger partial charge is 0.507 e. The van der Waals surface area contributed by atoms with Gasteiger partial charge >= 0.3 is 12.1 Å². The van der Waals surface area contributed by atoms with Crippen LogP contribution in [-0.2, 0) is 24.0 Å². The van der Waals surface area contributed by atoms with Gasteiger partial charge in [0.15, 0.2) is 6.29 Å². The average Bonchev–Trinajstić information content (AvgIpc) is 2.81. The smallest absolute Gasteiger partial charge is 0.419 e. The molecule has 178 valence electrons. The Morgan fingerprint density at radius 1 is 1.06 bits per heavy atom. The number of halogens is 3. The highest BCUT2D eigenvalue weighted by atomic mass is 19.4. The second-order valence-electron chi connectivity index (χ2n) is 7.79. The van der Waals surface area contributed by atoms with Crippen molar-refractivity contribution in [2.45, 2.75) is 39.0 Å². The molecule has 2 N–H and O–H groups in total. The van der Waals surface area contributed by atoms with E-state index in [4.69, 9.17) is 4.74 Å². The van der Waals surface area contributed by atoms with Gasteiger partial charge in [-0.3, -0.25) is 9.59 Å². The Morgan fingerprint density at radius 2 is 1.74 bits per heavy atom. The molecular weight excluding hydrogens is 449 g/mol. The lowest BCUT2D eigenvalue weighted by Gasteiger charge is -2.15. The molecule has 0 saturated carbocycles. The Balaban J connectivity index is 1.79. The van der Waals surface area contributed by atoms with Crippen molar-refractivity contribution in [1.29, 1.82) is 0 Å². The van der Waals surface area contributed by atoms with Crippen LogP contribution in [0.15, 0.2) is 54.6 Å². The molecule has 0 amide bonds. The summed E-state index contributed by atoms with van der Waals surface area (Å²) in [6.07, 6.45) is -3.90. The zero-order valence-corrected chi connectivity index (χ0v) is 18.5. The SMILES string of the molecule is CCc1cc(C(C)C(=O)O)ccc1-c1ccc(OCc2ccc(C(F)(F)F)c(O)c2C=O)cc1. The van der Waals surface area contributed by atoms with Crippen LogP contribution in [-0.4, -0.2) is 22.5 Å². The number of hydrogen-bond acceptors (Lipinski definition) is 4. The van der Waals surface area contributed by atoms with Crippen LogP contribution in [0.25, 0.3) is 11.1 Å². The highest BCUT2D eigenvalue weighted by molar-refractivity contribution is 5.82. The van der Waals surface area contributed by atoms with Gasteiger partial charge in [0.2, 0.25) is 0 Å². The first-order chi connectivity index (χ1) is 16.1. The molecule has 0 aliphatic rings.